The fraction of sp³-hybridized carbons (Fsp3) is 0.286. The number of aryl methyl sites for hydroxylation is 2. The number of imidazole rings is 1. The summed E-state index contributed by atoms with van der Waals surface area (Å²) >= 11 is 0. The number of aromatic nitrogens is 4. The first-order valence-corrected chi connectivity index (χ1v) is 9.12. The summed E-state index contributed by atoms with van der Waals surface area (Å²) in [5.74, 6) is 2.72. The fourth-order valence-corrected chi connectivity index (χ4v) is 3.61. The molecule has 0 amide bonds. The highest BCUT2D eigenvalue weighted by molar-refractivity contribution is 5.92. The number of pyridine rings is 1. The molecule has 1 atom stereocenters. The van der Waals surface area contributed by atoms with Crippen LogP contribution in [-0.4, -0.2) is 33.6 Å². The van der Waals surface area contributed by atoms with Gasteiger partial charge in [-0.05, 0) is 39.0 Å². The Morgan fingerprint density at radius 1 is 1.00 bits per heavy atom. The van der Waals surface area contributed by atoms with E-state index in [9.17, 15) is 0 Å². The number of nitrogens with one attached hydrogen (secondary N) is 1. The Morgan fingerprint density at radius 3 is 2.50 bits per heavy atom. The number of methoxy groups -OCH3 is 2. The third-order valence-corrected chi connectivity index (χ3v) is 4.83. The van der Waals surface area contributed by atoms with Gasteiger partial charge >= 0.3 is 0 Å². The van der Waals surface area contributed by atoms with Gasteiger partial charge in [0, 0.05) is 17.6 Å². The molecule has 3 heterocycles. The van der Waals surface area contributed by atoms with E-state index in [2.05, 4.69) is 31.6 Å². The first kappa shape index (κ1) is 18.0. The summed E-state index contributed by atoms with van der Waals surface area (Å²) in [6, 6.07) is 9.77. The molecule has 0 fully saturated rings. The van der Waals surface area contributed by atoms with Crippen molar-refractivity contribution in [3.63, 3.8) is 0 Å². The molecule has 0 radical (unpaired) electrons. The molecule has 0 saturated heterocycles. The Labute approximate surface area is 163 Å². The summed E-state index contributed by atoms with van der Waals surface area (Å²) in [5.41, 5.74) is 3.81. The lowest BCUT2D eigenvalue weighted by Crippen LogP contribution is -2.12. The molecule has 0 spiro atoms. The Balaban J connectivity index is 1.81. The van der Waals surface area contributed by atoms with Gasteiger partial charge in [-0.2, -0.15) is 0 Å². The van der Waals surface area contributed by atoms with Gasteiger partial charge in [0.1, 0.15) is 17.3 Å². The largest absolute Gasteiger partial charge is 0.493 e. The number of hydrogen-bond acceptors (Lipinski definition) is 6. The molecule has 4 rings (SSSR count). The van der Waals surface area contributed by atoms with E-state index in [4.69, 9.17) is 9.47 Å². The zero-order chi connectivity index (χ0) is 19.8. The van der Waals surface area contributed by atoms with Crippen LogP contribution in [-0.2, 0) is 0 Å². The number of anilines is 1. The molecule has 0 aliphatic heterocycles. The van der Waals surface area contributed by atoms with E-state index in [0.717, 1.165) is 33.8 Å². The van der Waals surface area contributed by atoms with Gasteiger partial charge in [-0.1, -0.05) is 6.07 Å². The fourth-order valence-electron chi connectivity index (χ4n) is 3.61. The normalized spacial score (nSPS) is 12.3. The predicted octanol–water partition coefficient (Wildman–Crippen LogP) is 4.08. The van der Waals surface area contributed by atoms with Crippen molar-refractivity contribution in [2.24, 2.45) is 0 Å². The van der Waals surface area contributed by atoms with Crippen LogP contribution in [0.2, 0.25) is 0 Å². The molecule has 7 heteroatoms. The van der Waals surface area contributed by atoms with E-state index < -0.39 is 0 Å². The number of ether oxygens (including phenoxy) is 2. The molecule has 3 aromatic heterocycles. The topological polar surface area (TPSA) is 73.6 Å². The average Bonchev–Trinajstić information content (AvgIpc) is 3.02. The molecule has 4 aromatic rings. The van der Waals surface area contributed by atoms with Gasteiger partial charge in [-0.25, -0.2) is 15.0 Å². The van der Waals surface area contributed by atoms with Crippen LogP contribution in [0.1, 0.15) is 30.2 Å². The zero-order valence-corrected chi connectivity index (χ0v) is 16.6. The lowest BCUT2D eigenvalue weighted by Gasteiger charge is -2.18. The van der Waals surface area contributed by atoms with Crippen molar-refractivity contribution in [1.29, 1.82) is 0 Å². The summed E-state index contributed by atoms with van der Waals surface area (Å²) < 4.78 is 13.0. The molecule has 1 unspecified atom stereocenters. The van der Waals surface area contributed by atoms with E-state index in [1.54, 1.807) is 14.2 Å². The Hall–Kier alpha value is -3.35. The molecule has 7 nitrogen and oxygen atoms in total. The van der Waals surface area contributed by atoms with Gasteiger partial charge in [0.25, 0.3) is 0 Å². The minimum atomic E-state index is -0.0111. The molecule has 0 bridgehead atoms. The van der Waals surface area contributed by atoms with Crippen molar-refractivity contribution >= 4 is 22.4 Å². The Kier molecular flexibility index (Phi) is 4.50. The molecule has 0 aliphatic rings. The standard InChI is InChI=1S/C21H23N5O2/c1-12-20(26-9-7-6-8-19(26)22-12)13(2)23-21-15-10-17(27-4)18(28-5)11-16(15)24-14(3)25-21/h6-11,13H,1-5H3,(H,23,24,25). The third kappa shape index (κ3) is 2.98. The van der Waals surface area contributed by atoms with Crippen LogP contribution >= 0.6 is 0 Å². The summed E-state index contributed by atoms with van der Waals surface area (Å²) in [6.07, 6.45) is 2.03. The van der Waals surface area contributed by atoms with E-state index in [0.29, 0.717) is 17.3 Å². The SMILES string of the molecule is COc1cc2nc(C)nc(NC(C)c3c(C)nc4ccccn34)c2cc1OC. The zero-order valence-electron chi connectivity index (χ0n) is 16.6. The van der Waals surface area contributed by atoms with Crippen LogP contribution in [0.25, 0.3) is 16.6 Å². The lowest BCUT2D eigenvalue weighted by atomic mass is 10.1. The van der Waals surface area contributed by atoms with Crippen molar-refractivity contribution in [2.75, 3.05) is 19.5 Å². The average molecular weight is 377 g/mol. The number of benzene rings is 1. The van der Waals surface area contributed by atoms with E-state index in [1.165, 1.54) is 0 Å². The predicted molar refractivity (Wildman–Crippen MR) is 109 cm³/mol. The first-order chi connectivity index (χ1) is 13.5. The van der Waals surface area contributed by atoms with E-state index in [-0.39, 0.29) is 6.04 Å². The molecule has 0 saturated carbocycles. The van der Waals surface area contributed by atoms with Crippen LogP contribution in [0.5, 0.6) is 11.5 Å². The molecule has 0 aliphatic carbocycles. The second kappa shape index (κ2) is 6.99. The molecule has 1 N–H and O–H groups in total. The van der Waals surface area contributed by atoms with Gasteiger partial charge in [0.05, 0.1) is 37.2 Å². The number of fused-ring (bicyclic) bond motifs is 2. The van der Waals surface area contributed by atoms with Gasteiger partial charge in [0.15, 0.2) is 11.5 Å². The maximum absolute atomic E-state index is 5.46. The van der Waals surface area contributed by atoms with Crippen molar-refractivity contribution in [2.45, 2.75) is 26.8 Å². The van der Waals surface area contributed by atoms with Crippen LogP contribution in [0.3, 0.4) is 0 Å². The summed E-state index contributed by atoms with van der Waals surface area (Å²) in [7, 11) is 3.24. The van der Waals surface area contributed by atoms with Gasteiger partial charge < -0.3 is 19.2 Å². The van der Waals surface area contributed by atoms with Crippen molar-refractivity contribution < 1.29 is 9.47 Å². The van der Waals surface area contributed by atoms with Gasteiger partial charge in [-0.15, -0.1) is 0 Å². The van der Waals surface area contributed by atoms with Crippen molar-refractivity contribution in [3.05, 3.63) is 53.7 Å². The van der Waals surface area contributed by atoms with Crippen molar-refractivity contribution in [1.82, 2.24) is 19.4 Å². The van der Waals surface area contributed by atoms with E-state index in [1.807, 2.05) is 50.4 Å². The highest BCUT2D eigenvalue weighted by Crippen LogP contribution is 2.35. The highest BCUT2D eigenvalue weighted by Gasteiger charge is 2.18. The third-order valence-electron chi connectivity index (χ3n) is 4.83. The van der Waals surface area contributed by atoms with Crippen LogP contribution in [0.4, 0.5) is 5.82 Å². The summed E-state index contributed by atoms with van der Waals surface area (Å²) in [4.78, 5) is 13.9. The van der Waals surface area contributed by atoms with Crippen LogP contribution in [0.15, 0.2) is 36.5 Å². The monoisotopic (exact) mass is 377 g/mol. The molecule has 1 aromatic carbocycles. The molecule has 144 valence electrons. The Bertz CT molecular complexity index is 1170. The number of hydrogen-bond donors (Lipinski definition) is 1. The summed E-state index contributed by atoms with van der Waals surface area (Å²) in [5, 5.41) is 4.42. The smallest absolute Gasteiger partial charge is 0.162 e. The quantitative estimate of drug-likeness (QED) is 0.565. The minimum Gasteiger partial charge on any atom is -0.493 e. The van der Waals surface area contributed by atoms with Gasteiger partial charge in [-0.3, -0.25) is 0 Å². The molecular formula is C21H23N5O2. The second-order valence-corrected chi connectivity index (χ2v) is 6.72. The maximum Gasteiger partial charge on any atom is 0.162 e. The second-order valence-electron chi connectivity index (χ2n) is 6.72. The molecular weight excluding hydrogens is 354 g/mol. The molecule has 28 heavy (non-hydrogen) atoms. The minimum absolute atomic E-state index is 0.0111. The maximum atomic E-state index is 5.46. The summed E-state index contributed by atoms with van der Waals surface area (Å²) in [6.45, 7) is 6.01. The van der Waals surface area contributed by atoms with Crippen molar-refractivity contribution in [3.8, 4) is 11.5 Å². The van der Waals surface area contributed by atoms with Gasteiger partial charge in [0.2, 0.25) is 0 Å². The van der Waals surface area contributed by atoms with Crippen LogP contribution in [0, 0.1) is 13.8 Å². The number of nitrogens with zero attached hydrogens (tertiary/aromatic N) is 4. The Morgan fingerprint density at radius 2 is 1.75 bits per heavy atom. The first-order valence-electron chi connectivity index (χ1n) is 9.12. The van der Waals surface area contributed by atoms with Crippen LogP contribution < -0.4 is 14.8 Å². The lowest BCUT2D eigenvalue weighted by molar-refractivity contribution is 0.356. The van der Waals surface area contributed by atoms with E-state index >= 15 is 0 Å². The number of rotatable bonds is 5. The highest BCUT2D eigenvalue weighted by atomic mass is 16.5.